The minimum atomic E-state index is -1.99. The van der Waals surface area contributed by atoms with Crippen LogP contribution < -0.4 is 5.32 Å². The predicted molar refractivity (Wildman–Crippen MR) is 360 cm³/mol. The van der Waals surface area contributed by atoms with Gasteiger partial charge in [0.1, 0.15) is 73.2 Å². The molecule has 0 saturated carbocycles. The fraction of sp³-hybridized carbons (Fsp3) is 0.712. The van der Waals surface area contributed by atoms with Gasteiger partial charge in [-0.05, 0) is 96.3 Å². The van der Waals surface area contributed by atoms with E-state index in [1.54, 1.807) is 6.08 Å². The molecule has 0 radical (unpaired) electrons. The van der Waals surface area contributed by atoms with Gasteiger partial charge in [-0.15, -0.1) is 0 Å². The zero-order valence-corrected chi connectivity index (χ0v) is 55.5. The number of hydrogen-bond acceptors (Lipinski definition) is 18. The van der Waals surface area contributed by atoms with E-state index in [2.05, 4.69) is 129 Å². The number of carbonyl (C=O) groups is 1. The van der Waals surface area contributed by atoms with E-state index in [1.165, 1.54) is 83.5 Å². The first-order valence-electron chi connectivity index (χ1n) is 34.8. The maximum atomic E-state index is 13.4. The number of carbonyl (C=O) groups excluding carboxylic acids is 1. The summed E-state index contributed by atoms with van der Waals surface area (Å²) in [6.45, 7) is 1.55. The predicted octanol–water partition coefficient (Wildman–Crippen LogP) is 9.21. The SMILES string of the molecule is CC/C=C\C/C=C\C/C=C\C/C=C\C/C=C\C/C=C\C/C=C\C/C=C\CCCCC(=O)NC(COC1OC(CO)C(OC2OC(CO)C(OC3OC(CO)C(O)C(O)C3O)C(O)C2O)C(O)C1O)C(O)/C=C/CC/C=C/CCCCCCCCCCCCCCCC. The maximum Gasteiger partial charge on any atom is 0.220 e. The number of aliphatic hydroxyl groups excluding tert-OH is 11. The van der Waals surface area contributed by atoms with E-state index in [4.69, 9.17) is 28.4 Å². The first-order valence-corrected chi connectivity index (χ1v) is 34.8. The average Bonchev–Trinajstić information content (AvgIpc) is 0.854. The lowest BCUT2D eigenvalue weighted by molar-refractivity contribution is -0.379. The Labute approximate surface area is 550 Å². The lowest BCUT2D eigenvalue weighted by Crippen LogP contribution is -2.66. The van der Waals surface area contributed by atoms with Crippen molar-refractivity contribution in [2.24, 2.45) is 0 Å². The third-order valence-corrected chi connectivity index (χ3v) is 16.5. The Balaban J connectivity index is 1.48. The van der Waals surface area contributed by atoms with Gasteiger partial charge in [-0.25, -0.2) is 0 Å². The standard InChI is InChI=1S/C73H121NO18/c1-3-5-7-9-11-13-15-17-19-21-23-25-26-27-28-29-30-31-33-35-37-39-41-43-45-47-49-51-61(79)74-56(57(78)50-48-46-44-42-40-38-36-34-32-24-22-20-18-16-14-12-10-8-6-4-2)55-87-71-67(85)64(82)69(59(53-76)89-71)92-73-68(86)65(83)70(60(54-77)90-73)91-72-66(84)63(81)62(80)58(52-75)88-72/h5,7,11,13,17,19,23,25,27-28,30-31,35,37,40-43,48,50,56-60,62-73,75-78,80-86H,3-4,6,8-10,12,14-16,18,20-22,24,26,29,32-34,36,38-39,44-47,49,51-55H2,1-2H3,(H,74,79)/b7-5-,13-11-,19-17-,25-23-,28-27-,31-30-,37-35-,42-40+,43-41-,50-48+. The van der Waals surface area contributed by atoms with E-state index in [-0.39, 0.29) is 12.3 Å². The minimum absolute atomic E-state index is 0.172. The molecular formula is C73H121NO18. The highest BCUT2D eigenvalue weighted by Gasteiger charge is 2.53. The summed E-state index contributed by atoms with van der Waals surface area (Å²) >= 11 is 0. The van der Waals surface area contributed by atoms with Crippen LogP contribution in [0.2, 0.25) is 0 Å². The molecule has 0 aliphatic carbocycles. The molecule has 12 N–H and O–H groups in total. The number of aliphatic hydroxyl groups is 11. The van der Waals surface area contributed by atoms with Crippen molar-refractivity contribution in [2.75, 3.05) is 26.4 Å². The van der Waals surface area contributed by atoms with E-state index >= 15 is 0 Å². The van der Waals surface area contributed by atoms with Gasteiger partial charge in [0, 0.05) is 6.42 Å². The van der Waals surface area contributed by atoms with E-state index in [1.807, 2.05) is 6.08 Å². The second-order valence-corrected chi connectivity index (χ2v) is 24.2. The van der Waals surface area contributed by atoms with Crippen molar-refractivity contribution in [1.82, 2.24) is 5.32 Å². The zero-order chi connectivity index (χ0) is 66.8. The molecule has 0 aromatic carbocycles. The number of rotatable bonds is 51. The van der Waals surface area contributed by atoms with E-state index in [0.29, 0.717) is 12.8 Å². The summed E-state index contributed by atoms with van der Waals surface area (Å²) in [7, 11) is 0. The molecular weight excluding hydrogens is 1180 g/mol. The topological polar surface area (TPSA) is 307 Å². The molecule has 1 amide bonds. The second kappa shape index (κ2) is 53.3. The van der Waals surface area contributed by atoms with Crippen LogP contribution in [-0.2, 0) is 33.2 Å². The molecule has 3 heterocycles. The highest BCUT2D eigenvalue weighted by atomic mass is 16.8. The molecule has 3 saturated heterocycles. The number of hydrogen-bond donors (Lipinski definition) is 12. The minimum Gasteiger partial charge on any atom is -0.394 e. The Hall–Kier alpha value is -3.81. The third kappa shape index (κ3) is 34.7. The molecule has 3 rings (SSSR count). The van der Waals surface area contributed by atoms with Gasteiger partial charge in [0.25, 0.3) is 0 Å². The number of unbranched alkanes of at least 4 members (excludes halogenated alkanes) is 17. The van der Waals surface area contributed by atoms with Crippen LogP contribution in [0.15, 0.2) is 122 Å². The van der Waals surface area contributed by atoms with Crippen LogP contribution in [0.25, 0.3) is 0 Å². The summed E-state index contributed by atoms with van der Waals surface area (Å²) in [6, 6.07) is -1.02. The molecule has 0 bridgehead atoms. The van der Waals surface area contributed by atoms with Crippen LogP contribution >= 0.6 is 0 Å². The highest BCUT2D eigenvalue weighted by Crippen LogP contribution is 2.33. The summed E-state index contributed by atoms with van der Waals surface area (Å²) in [5.74, 6) is -0.333. The van der Waals surface area contributed by atoms with Crippen LogP contribution in [0.3, 0.4) is 0 Å². The van der Waals surface area contributed by atoms with Crippen molar-refractivity contribution in [3.8, 4) is 0 Å². The van der Waals surface area contributed by atoms with Gasteiger partial charge in [0.2, 0.25) is 5.91 Å². The number of ether oxygens (including phenoxy) is 6. The molecule has 3 aliphatic heterocycles. The van der Waals surface area contributed by atoms with Crippen LogP contribution in [0.4, 0.5) is 0 Å². The van der Waals surface area contributed by atoms with Gasteiger partial charge in [0.05, 0.1) is 38.6 Å². The molecule has 0 aromatic rings. The van der Waals surface area contributed by atoms with E-state index < -0.39 is 131 Å². The second-order valence-electron chi connectivity index (χ2n) is 24.2. The molecule has 3 aliphatic rings. The Morgan fingerprint density at radius 1 is 0.402 bits per heavy atom. The van der Waals surface area contributed by atoms with Crippen molar-refractivity contribution in [3.63, 3.8) is 0 Å². The van der Waals surface area contributed by atoms with Gasteiger partial charge in [0.15, 0.2) is 18.9 Å². The fourth-order valence-electron chi connectivity index (χ4n) is 10.9. The first kappa shape index (κ1) is 82.4. The summed E-state index contributed by atoms with van der Waals surface area (Å²) in [6.07, 6.45) is 46.0. The average molecular weight is 1300 g/mol. The van der Waals surface area contributed by atoms with E-state index in [9.17, 15) is 61.0 Å². The summed E-state index contributed by atoms with van der Waals surface area (Å²) in [5.41, 5.74) is 0. The smallest absolute Gasteiger partial charge is 0.220 e. The van der Waals surface area contributed by atoms with Crippen molar-refractivity contribution in [2.45, 2.75) is 304 Å². The van der Waals surface area contributed by atoms with Gasteiger partial charge < -0.3 is 89.9 Å². The van der Waals surface area contributed by atoms with Crippen LogP contribution in [0.5, 0.6) is 0 Å². The Bertz CT molecular complexity index is 2140. The molecule has 19 nitrogen and oxygen atoms in total. The lowest BCUT2D eigenvalue weighted by Gasteiger charge is -2.48. The number of allylic oxidation sites excluding steroid dienone is 19. The fourth-order valence-corrected chi connectivity index (χ4v) is 10.9. The van der Waals surface area contributed by atoms with Crippen LogP contribution in [0.1, 0.15) is 200 Å². The summed E-state index contributed by atoms with van der Waals surface area (Å²) in [4.78, 5) is 13.4. The van der Waals surface area contributed by atoms with E-state index in [0.717, 1.165) is 83.5 Å². The van der Waals surface area contributed by atoms with Crippen molar-refractivity contribution in [1.29, 1.82) is 0 Å². The van der Waals surface area contributed by atoms with Crippen LogP contribution in [0, 0.1) is 0 Å². The summed E-state index contributed by atoms with van der Waals surface area (Å²) in [5, 5.41) is 120. The first-order chi connectivity index (χ1) is 44.8. The molecule has 19 heteroatoms. The molecule has 17 unspecified atom stereocenters. The van der Waals surface area contributed by atoms with Gasteiger partial charge in [-0.3, -0.25) is 4.79 Å². The largest absolute Gasteiger partial charge is 0.394 e. The van der Waals surface area contributed by atoms with Gasteiger partial charge in [-0.2, -0.15) is 0 Å². The summed E-state index contributed by atoms with van der Waals surface area (Å²) < 4.78 is 34.3. The zero-order valence-electron chi connectivity index (χ0n) is 55.5. The van der Waals surface area contributed by atoms with Crippen molar-refractivity contribution in [3.05, 3.63) is 122 Å². The molecule has 3 fully saturated rings. The molecule has 0 spiro atoms. The Morgan fingerprint density at radius 2 is 0.761 bits per heavy atom. The Kier molecular flexibility index (Phi) is 47.8. The number of amides is 1. The van der Waals surface area contributed by atoms with Crippen molar-refractivity contribution < 1.29 is 89.4 Å². The third-order valence-electron chi connectivity index (χ3n) is 16.5. The van der Waals surface area contributed by atoms with Gasteiger partial charge in [-0.1, -0.05) is 219 Å². The molecule has 0 aromatic heterocycles. The normalized spacial score (nSPS) is 28.5. The monoisotopic (exact) mass is 1300 g/mol. The quantitative estimate of drug-likeness (QED) is 0.0199. The molecule has 526 valence electrons. The maximum absolute atomic E-state index is 13.4. The molecule has 92 heavy (non-hydrogen) atoms. The Morgan fingerprint density at radius 3 is 1.22 bits per heavy atom. The van der Waals surface area contributed by atoms with Crippen LogP contribution in [-0.4, -0.2) is 193 Å². The number of nitrogens with one attached hydrogen (secondary N) is 1. The lowest BCUT2D eigenvalue weighted by atomic mass is 9.96. The van der Waals surface area contributed by atoms with Gasteiger partial charge >= 0.3 is 0 Å². The van der Waals surface area contributed by atoms with Crippen molar-refractivity contribution >= 4 is 5.91 Å². The highest BCUT2D eigenvalue weighted by molar-refractivity contribution is 5.76. The molecule has 17 atom stereocenters.